The number of Topliss-reactive ketones (excluding diaryl/α,β-unsaturated/α-hetero) is 2. The van der Waals surface area contributed by atoms with Crippen LogP contribution >= 0.6 is 0 Å². The Labute approximate surface area is 190 Å². The predicted octanol–water partition coefficient (Wildman–Crippen LogP) is 7.48. The smallest absolute Gasteiger partial charge is 0.139 e. The number of fused-ring (bicyclic) bond motifs is 4. The van der Waals surface area contributed by atoms with Crippen LogP contribution in [-0.2, 0) is 9.59 Å². The molecule has 0 spiro atoms. The Bertz CT molecular complexity index is 843. The van der Waals surface area contributed by atoms with Crippen molar-refractivity contribution in [1.82, 2.24) is 0 Å². The number of hydrogen-bond donors (Lipinski definition) is 0. The molecular weight excluding hydrogens is 380 g/mol. The molecule has 0 saturated heterocycles. The Hall–Kier alpha value is -1.18. The van der Waals surface area contributed by atoms with Crippen molar-refractivity contribution in [2.45, 2.75) is 106 Å². The van der Waals surface area contributed by atoms with Crippen LogP contribution in [0, 0.1) is 39.9 Å². The van der Waals surface area contributed by atoms with Crippen LogP contribution < -0.4 is 0 Å². The average molecular weight is 425 g/mol. The van der Waals surface area contributed by atoms with E-state index in [0.717, 1.165) is 12.8 Å². The van der Waals surface area contributed by atoms with Gasteiger partial charge in [-0.25, -0.2) is 0 Å². The molecular formula is C29H44O2. The normalized spacial score (nSPS) is 43.1. The minimum absolute atomic E-state index is 0.142. The zero-order valence-corrected chi connectivity index (χ0v) is 21.1. The summed E-state index contributed by atoms with van der Waals surface area (Å²) in [5, 5.41) is 0. The van der Waals surface area contributed by atoms with Crippen LogP contribution in [0.4, 0.5) is 0 Å². The van der Waals surface area contributed by atoms with Crippen LogP contribution in [0.2, 0.25) is 0 Å². The minimum Gasteiger partial charge on any atom is -0.299 e. The number of carbonyl (C=O) groups is 2. The van der Waals surface area contributed by atoms with Gasteiger partial charge in [-0.1, -0.05) is 57.4 Å². The fourth-order valence-corrected chi connectivity index (χ4v) is 8.67. The maximum Gasteiger partial charge on any atom is 0.139 e. The lowest BCUT2D eigenvalue weighted by Crippen LogP contribution is -2.51. The van der Waals surface area contributed by atoms with Gasteiger partial charge >= 0.3 is 0 Å². The maximum atomic E-state index is 13.1. The second-order valence-corrected chi connectivity index (χ2v) is 12.4. The lowest BCUT2D eigenvalue weighted by atomic mass is 9.45. The van der Waals surface area contributed by atoms with Crippen LogP contribution in [0.1, 0.15) is 106 Å². The molecule has 0 aromatic heterocycles. The van der Waals surface area contributed by atoms with Crippen LogP contribution in [0.15, 0.2) is 22.8 Å². The fourth-order valence-electron chi connectivity index (χ4n) is 8.67. The number of rotatable bonds is 4. The van der Waals surface area contributed by atoms with Crippen molar-refractivity contribution in [3.05, 3.63) is 22.8 Å². The van der Waals surface area contributed by atoms with Gasteiger partial charge in [-0.15, -0.1) is 0 Å². The molecule has 2 fully saturated rings. The van der Waals surface area contributed by atoms with E-state index in [2.05, 4.69) is 54.5 Å². The first-order valence-corrected chi connectivity index (χ1v) is 12.9. The van der Waals surface area contributed by atoms with E-state index in [1.165, 1.54) is 44.1 Å². The highest BCUT2D eigenvalue weighted by Gasteiger charge is 2.62. The Balaban J connectivity index is 1.66. The highest BCUT2D eigenvalue weighted by atomic mass is 16.1. The molecule has 0 amide bonds. The van der Waals surface area contributed by atoms with E-state index in [0.29, 0.717) is 29.8 Å². The molecule has 0 N–H and O–H groups in total. The molecule has 172 valence electrons. The summed E-state index contributed by atoms with van der Waals surface area (Å²) in [6, 6.07) is 0. The number of carbonyl (C=O) groups excluding carboxylic acids is 2. The van der Waals surface area contributed by atoms with Crippen molar-refractivity contribution in [3.8, 4) is 0 Å². The van der Waals surface area contributed by atoms with Gasteiger partial charge in [0.05, 0.1) is 0 Å². The van der Waals surface area contributed by atoms with Crippen molar-refractivity contribution in [1.29, 1.82) is 0 Å². The monoisotopic (exact) mass is 424 g/mol. The molecule has 0 aromatic carbocycles. The topological polar surface area (TPSA) is 34.1 Å². The number of ketones is 2. The highest BCUT2D eigenvalue weighted by molar-refractivity contribution is 5.83. The summed E-state index contributed by atoms with van der Waals surface area (Å²) in [6.45, 7) is 16.1. The Morgan fingerprint density at radius 3 is 2.42 bits per heavy atom. The first kappa shape index (κ1) is 23.0. The van der Waals surface area contributed by atoms with Gasteiger partial charge in [-0.2, -0.15) is 0 Å². The largest absolute Gasteiger partial charge is 0.299 e. The van der Waals surface area contributed by atoms with Crippen LogP contribution in [0.5, 0.6) is 0 Å². The minimum atomic E-state index is 0.142. The zero-order valence-electron chi connectivity index (χ0n) is 21.1. The van der Waals surface area contributed by atoms with E-state index in [4.69, 9.17) is 0 Å². The third-order valence-electron chi connectivity index (χ3n) is 11.0. The first-order chi connectivity index (χ1) is 14.5. The Morgan fingerprint density at radius 1 is 1.03 bits per heavy atom. The summed E-state index contributed by atoms with van der Waals surface area (Å²) in [6.07, 6.45) is 11.6. The van der Waals surface area contributed by atoms with Gasteiger partial charge in [-0.3, -0.25) is 9.59 Å². The van der Waals surface area contributed by atoms with E-state index in [1.807, 2.05) is 0 Å². The first-order valence-electron chi connectivity index (χ1n) is 12.9. The summed E-state index contributed by atoms with van der Waals surface area (Å²) in [4.78, 5) is 25.5. The summed E-state index contributed by atoms with van der Waals surface area (Å²) in [7, 11) is 0. The van der Waals surface area contributed by atoms with E-state index in [9.17, 15) is 9.59 Å². The Morgan fingerprint density at radius 2 is 1.74 bits per heavy atom. The van der Waals surface area contributed by atoms with Gasteiger partial charge in [0, 0.05) is 24.7 Å². The average Bonchev–Trinajstić information content (AvgIpc) is 3.00. The van der Waals surface area contributed by atoms with Gasteiger partial charge < -0.3 is 0 Å². The van der Waals surface area contributed by atoms with Gasteiger partial charge in [0.25, 0.3) is 0 Å². The molecule has 0 heterocycles. The molecule has 2 heteroatoms. The summed E-state index contributed by atoms with van der Waals surface area (Å²) in [5.41, 5.74) is 5.36. The van der Waals surface area contributed by atoms with E-state index < -0.39 is 0 Å². The lowest BCUT2D eigenvalue weighted by Gasteiger charge is -2.59. The molecule has 0 aliphatic heterocycles. The van der Waals surface area contributed by atoms with Gasteiger partial charge in [-0.05, 0) is 86.9 Å². The predicted molar refractivity (Wildman–Crippen MR) is 128 cm³/mol. The SMILES string of the molecule is CC(C)=CCC(=O)[C@@H](C)[C@H]1CC[C@@]2(C)C3=C(CC[C@]12C)[C@@]1(C)CCC(=O)[C@@H](C)[C@@H]1CC3. The van der Waals surface area contributed by atoms with Gasteiger partial charge in [0.1, 0.15) is 11.6 Å². The molecule has 0 unspecified atom stereocenters. The van der Waals surface area contributed by atoms with Crippen LogP contribution in [-0.4, -0.2) is 11.6 Å². The third kappa shape index (κ3) is 3.25. The molecule has 0 aromatic rings. The maximum absolute atomic E-state index is 13.1. The molecule has 4 aliphatic rings. The summed E-state index contributed by atoms with van der Waals surface area (Å²) >= 11 is 0. The quantitative estimate of drug-likeness (QED) is 0.438. The van der Waals surface area contributed by atoms with Gasteiger partial charge in [0.15, 0.2) is 0 Å². The second-order valence-electron chi connectivity index (χ2n) is 12.4. The zero-order chi connectivity index (χ0) is 22.8. The highest BCUT2D eigenvalue weighted by Crippen LogP contribution is 2.71. The third-order valence-corrected chi connectivity index (χ3v) is 11.0. The van der Waals surface area contributed by atoms with E-state index >= 15 is 0 Å². The van der Waals surface area contributed by atoms with Crippen molar-refractivity contribution in [2.24, 2.45) is 39.9 Å². The fraction of sp³-hybridized carbons (Fsp3) is 0.793. The number of allylic oxidation sites excluding steroid dienone is 4. The number of hydrogen-bond acceptors (Lipinski definition) is 2. The summed E-state index contributed by atoms with van der Waals surface area (Å²) in [5.74, 6) is 2.29. The van der Waals surface area contributed by atoms with Gasteiger partial charge in [0.2, 0.25) is 0 Å². The molecule has 4 rings (SSSR count). The van der Waals surface area contributed by atoms with Crippen molar-refractivity contribution in [2.75, 3.05) is 0 Å². The van der Waals surface area contributed by atoms with E-state index in [1.54, 1.807) is 11.1 Å². The standard InChI is InChI=1S/C29H44O2/c1-18(2)8-11-25(30)20(4)22-12-16-29(7)24-10-9-21-19(3)26(31)14-15-27(21,5)23(24)13-17-28(22,29)6/h8,19-22H,9-17H2,1-7H3/t19-,20-,21-,22+,27-,28+,29-/m0/s1. The molecule has 0 radical (unpaired) electrons. The van der Waals surface area contributed by atoms with E-state index in [-0.39, 0.29) is 28.1 Å². The molecule has 2 nitrogen and oxygen atoms in total. The summed E-state index contributed by atoms with van der Waals surface area (Å²) < 4.78 is 0. The molecule has 7 atom stereocenters. The van der Waals surface area contributed by atoms with Crippen molar-refractivity contribution >= 4 is 11.6 Å². The Kier molecular flexibility index (Phi) is 5.71. The molecule has 31 heavy (non-hydrogen) atoms. The lowest BCUT2D eigenvalue weighted by molar-refractivity contribution is -0.130. The molecule has 4 aliphatic carbocycles. The second kappa shape index (κ2) is 7.70. The van der Waals surface area contributed by atoms with Crippen LogP contribution in [0.3, 0.4) is 0 Å². The molecule has 2 saturated carbocycles. The molecule has 0 bridgehead atoms. The van der Waals surface area contributed by atoms with Crippen molar-refractivity contribution < 1.29 is 9.59 Å². The van der Waals surface area contributed by atoms with Crippen molar-refractivity contribution in [3.63, 3.8) is 0 Å². The van der Waals surface area contributed by atoms with Crippen LogP contribution in [0.25, 0.3) is 0 Å².